The zero-order chi connectivity index (χ0) is 17.9. The van der Waals surface area contributed by atoms with E-state index in [-0.39, 0.29) is 4.90 Å². The molecule has 0 bridgehead atoms. The fourth-order valence-electron chi connectivity index (χ4n) is 3.22. The van der Waals surface area contributed by atoms with Gasteiger partial charge in [-0.2, -0.15) is 0 Å². The lowest BCUT2D eigenvalue weighted by molar-refractivity contribution is 0.347. The first-order valence-electron chi connectivity index (χ1n) is 8.48. The number of nitrogens with zero attached hydrogens (tertiary/aromatic N) is 3. The Morgan fingerprint density at radius 1 is 1.28 bits per heavy atom. The highest BCUT2D eigenvalue weighted by molar-refractivity contribution is 7.90. The molecule has 1 aliphatic heterocycles. The molecule has 0 saturated carbocycles. The lowest BCUT2D eigenvalue weighted by Gasteiger charge is -2.17. The molecule has 1 aliphatic rings. The summed E-state index contributed by atoms with van der Waals surface area (Å²) in [5.74, 6) is 1.53. The molecule has 1 aromatic heterocycles. The van der Waals surface area contributed by atoms with Crippen molar-refractivity contribution >= 4 is 15.7 Å². The van der Waals surface area contributed by atoms with Crippen molar-refractivity contribution < 1.29 is 8.42 Å². The van der Waals surface area contributed by atoms with Crippen LogP contribution in [-0.2, 0) is 9.84 Å². The number of nitrogens with one attached hydrogen (secondary N) is 1. The third kappa shape index (κ3) is 4.55. The molecule has 3 rings (SSSR count). The van der Waals surface area contributed by atoms with E-state index in [2.05, 4.69) is 44.5 Å². The number of likely N-dealkylation sites (tertiary alicyclic amines) is 1. The number of hydrogen-bond acceptors (Lipinski definition) is 6. The Labute approximate surface area is 149 Å². The summed E-state index contributed by atoms with van der Waals surface area (Å²) in [4.78, 5) is 10.8. The fourth-order valence-corrected chi connectivity index (χ4v) is 3.94. The predicted octanol–water partition coefficient (Wildman–Crippen LogP) is 2.09. The van der Waals surface area contributed by atoms with Crippen molar-refractivity contribution in [2.24, 2.45) is 0 Å². The van der Waals surface area contributed by atoms with Crippen molar-refractivity contribution in [3.8, 4) is 0 Å². The highest BCUT2D eigenvalue weighted by Gasteiger charge is 2.23. The molecule has 0 aliphatic carbocycles. The van der Waals surface area contributed by atoms with Crippen LogP contribution in [0, 0.1) is 6.92 Å². The number of aryl methyl sites for hydroxylation is 1. The first kappa shape index (κ1) is 17.8. The highest BCUT2D eigenvalue weighted by atomic mass is 32.2. The smallest absolute Gasteiger partial charge is 0.180 e. The second-order valence-electron chi connectivity index (χ2n) is 6.53. The predicted molar refractivity (Wildman–Crippen MR) is 98.6 cm³/mol. The number of hydrogen-bond donors (Lipinski definition) is 1. The van der Waals surface area contributed by atoms with Crippen LogP contribution >= 0.6 is 0 Å². The van der Waals surface area contributed by atoms with Crippen molar-refractivity contribution in [3.05, 3.63) is 47.9 Å². The molecule has 2 heterocycles. The third-order valence-corrected chi connectivity index (χ3v) is 5.64. The van der Waals surface area contributed by atoms with Crippen LogP contribution in [0.25, 0.3) is 0 Å². The van der Waals surface area contributed by atoms with Gasteiger partial charge in [0, 0.05) is 25.9 Å². The summed E-state index contributed by atoms with van der Waals surface area (Å²) in [6, 6.07) is 10.6. The van der Waals surface area contributed by atoms with Crippen LogP contribution in [0.5, 0.6) is 0 Å². The summed E-state index contributed by atoms with van der Waals surface area (Å²) in [5, 5.41) is 3.17. The summed E-state index contributed by atoms with van der Waals surface area (Å²) in [6.07, 6.45) is 3.71. The van der Waals surface area contributed by atoms with Gasteiger partial charge in [-0.1, -0.05) is 30.3 Å². The molecule has 0 spiro atoms. The van der Waals surface area contributed by atoms with Gasteiger partial charge in [0.15, 0.2) is 9.84 Å². The first-order valence-corrected chi connectivity index (χ1v) is 10.4. The molecule has 1 N–H and O–H groups in total. The first-order chi connectivity index (χ1) is 11.9. The Bertz CT molecular complexity index is 824. The van der Waals surface area contributed by atoms with Crippen LogP contribution < -0.4 is 5.32 Å². The molecular weight excluding hydrogens is 336 g/mol. The summed E-state index contributed by atoms with van der Waals surface area (Å²) < 4.78 is 23.7. The Kier molecular flexibility index (Phi) is 5.34. The molecule has 7 heteroatoms. The van der Waals surface area contributed by atoms with E-state index in [9.17, 15) is 8.42 Å². The van der Waals surface area contributed by atoms with Gasteiger partial charge in [-0.05, 0) is 31.4 Å². The Balaban J connectivity index is 1.57. The van der Waals surface area contributed by atoms with E-state index >= 15 is 0 Å². The van der Waals surface area contributed by atoms with Crippen LogP contribution in [0.1, 0.15) is 23.7 Å². The van der Waals surface area contributed by atoms with Gasteiger partial charge in [0.2, 0.25) is 0 Å². The molecule has 134 valence electrons. The van der Waals surface area contributed by atoms with E-state index in [1.165, 1.54) is 18.0 Å². The van der Waals surface area contributed by atoms with Gasteiger partial charge in [-0.3, -0.25) is 0 Å². The van der Waals surface area contributed by atoms with Crippen LogP contribution in [-0.4, -0.2) is 55.7 Å². The normalized spacial score (nSPS) is 18.4. The zero-order valence-corrected chi connectivity index (χ0v) is 15.5. The van der Waals surface area contributed by atoms with Gasteiger partial charge < -0.3 is 10.2 Å². The van der Waals surface area contributed by atoms with Gasteiger partial charge in [0.05, 0.1) is 6.20 Å². The highest BCUT2D eigenvalue weighted by Crippen LogP contribution is 2.26. The number of benzene rings is 1. The summed E-state index contributed by atoms with van der Waals surface area (Å²) in [5.41, 5.74) is 1.39. The summed E-state index contributed by atoms with van der Waals surface area (Å²) in [7, 11) is -3.35. The van der Waals surface area contributed by atoms with Gasteiger partial charge in [0.1, 0.15) is 16.5 Å². The Morgan fingerprint density at radius 2 is 2.04 bits per heavy atom. The maximum Gasteiger partial charge on any atom is 0.180 e. The average Bonchev–Trinajstić information content (AvgIpc) is 3.03. The van der Waals surface area contributed by atoms with Crippen molar-refractivity contribution in [2.45, 2.75) is 24.2 Å². The van der Waals surface area contributed by atoms with Crippen LogP contribution in [0.2, 0.25) is 0 Å². The molecular formula is C18H24N4O2S. The Hall–Kier alpha value is -1.99. The molecule has 6 nitrogen and oxygen atoms in total. The van der Waals surface area contributed by atoms with Crippen molar-refractivity contribution in [1.82, 2.24) is 14.9 Å². The molecule has 0 radical (unpaired) electrons. The maximum atomic E-state index is 11.9. The van der Waals surface area contributed by atoms with Gasteiger partial charge >= 0.3 is 0 Å². The molecule has 1 aromatic carbocycles. The molecule has 1 atom stereocenters. The van der Waals surface area contributed by atoms with E-state index in [0.29, 0.717) is 24.1 Å². The monoisotopic (exact) mass is 360 g/mol. The van der Waals surface area contributed by atoms with E-state index < -0.39 is 9.84 Å². The minimum Gasteiger partial charge on any atom is -0.368 e. The lowest BCUT2D eigenvalue weighted by atomic mass is 9.99. The van der Waals surface area contributed by atoms with Gasteiger partial charge in [-0.25, -0.2) is 18.4 Å². The van der Waals surface area contributed by atoms with E-state index in [1.807, 2.05) is 6.07 Å². The van der Waals surface area contributed by atoms with Crippen LogP contribution in [0.15, 0.2) is 41.4 Å². The SMILES string of the molecule is Cc1ncc(S(C)(=O)=O)c(NCCN2CCC(c3ccccc3)C2)n1. The van der Waals surface area contributed by atoms with E-state index in [1.54, 1.807) is 6.92 Å². The minimum absolute atomic E-state index is 0.154. The quantitative estimate of drug-likeness (QED) is 0.850. The maximum absolute atomic E-state index is 11.9. The second-order valence-corrected chi connectivity index (χ2v) is 8.51. The van der Waals surface area contributed by atoms with Crippen molar-refractivity contribution in [3.63, 3.8) is 0 Å². The second kappa shape index (κ2) is 7.49. The Morgan fingerprint density at radius 3 is 2.76 bits per heavy atom. The fraction of sp³-hybridized carbons (Fsp3) is 0.444. The van der Waals surface area contributed by atoms with Crippen molar-refractivity contribution in [2.75, 3.05) is 37.8 Å². The van der Waals surface area contributed by atoms with Crippen molar-refractivity contribution in [1.29, 1.82) is 0 Å². The lowest BCUT2D eigenvalue weighted by Crippen LogP contribution is -2.27. The number of anilines is 1. The number of sulfone groups is 1. The molecule has 2 aromatic rings. The third-order valence-electron chi connectivity index (χ3n) is 4.54. The topological polar surface area (TPSA) is 75.2 Å². The molecule has 1 fully saturated rings. The largest absolute Gasteiger partial charge is 0.368 e. The standard InChI is InChI=1S/C18H24N4O2S/c1-14-20-12-17(25(2,23)24)18(21-14)19-9-11-22-10-8-16(13-22)15-6-4-3-5-7-15/h3-7,12,16H,8-11,13H2,1-2H3,(H,19,20,21). The summed E-state index contributed by atoms with van der Waals surface area (Å²) in [6.45, 7) is 5.36. The minimum atomic E-state index is -3.35. The van der Waals surface area contributed by atoms with E-state index in [0.717, 1.165) is 26.1 Å². The van der Waals surface area contributed by atoms with Crippen LogP contribution in [0.4, 0.5) is 5.82 Å². The summed E-state index contributed by atoms with van der Waals surface area (Å²) >= 11 is 0. The molecule has 0 amide bonds. The number of aromatic nitrogens is 2. The molecule has 25 heavy (non-hydrogen) atoms. The molecule has 1 unspecified atom stereocenters. The van der Waals surface area contributed by atoms with Crippen LogP contribution in [0.3, 0.4) is 0 Å². The van der Waals surface area contributed by atoms with Gasteiger partial charge in [-0.15, -0.1) is 0 Å². The molecule has 1 saturated heterocycles. The number of rotatable bonds is 6. The van der Waals surface area contributed by atoms with E-state index in [4.69, 9.17) is 0 Å². The zero-order valence-electron chi connectivity index (χ0n) is 14.6. The van der Waals surface area contributed by atoms with Gasteiger partial charge in [0.25, 0.3) is 0 Å². The average molecular weight is 360 g/mol.